The van der Waals surface area contributed by atoms with E-state index in [-0.39, 0.29) is 11.6 Å². The molecule has 0 saturated heterocycles. The molecule has 4 heteroatoms. The van der Waals surface area contributed by atoms with Crippen LogP contribution < -0.4 is 6.15 Å². The van der Waals surface area contributed by atoms with Crippen LogP contribution in [-0.4, -0.2) is 18.9 Å². The minimum Gasteiger partial charge on any atom is -0.438 e. The van der Waals surface area contributed by atoms with Crippen molar-refractivity contribution in [3.8, 4) is 0 Å². The van der Waals surface area contributed by atoms with Gasteiger partial charge >= 0.3 is 6.16 Å². The Labute approximate surface area is 115 Å². The standard InChI is InChI=1S/C15H24O3.H3N/c1-14(2,18-13(16)17-3)15-7-10-4-11(8-15)6-12(5-10)9-15;/h10-12H,4-9H2,1-3H3;1H3. The first-order valence-corrected chi connectivity index (χ1v) is 7.21. The highest BCUT2D eigenvalue weighted by Crippen LogP contribution is 2.64. The highest BCUT2D eigenvalue weighted by atomic mass is 16.7. The van der Waals surface area contributed by atoms with E-state index in [1.807, 2.05) is 0 Å². The van der Waals surface area contributed by atoms with Gasteiger partial charge in [0, 0.05) is 5.41 Å². The Morgan fingerprint density at radius 3 is 1.84 bits per heavy atom. The van der Waals surface area contributed by atoms with E-state index in [9.17, 15) is 4.79 Å². The summed E-state index contributed by atoms with van der Waals surface area (Å²) in [6, 6.07) is 0. The molecule has 0 amide bonds. The summed E-state index contributed by atoms with van der Waals surface area (Å²) in [5.74, 6) is 2.62. The third kappa shape index (κ3) is 2.24. The fourth-order valence-electron chi connectivity index (χ4n) is 5.21. The minimum atomic E-state index is -0.532. The second-order valence-electron chi connectivity index (χ2n) is 7.26. The van der Waals surface area contributed by atoms with Gasteiger partial charge in [-0.3, -0.25) is 0 Å². The van der Waals surface area contributed by atoms with Crippen LogP contribution >= 0.6 is 0 Å². The van der Waals surface area contributed by atoms with Gasteiger partial charge in [0.25, 0.3) is 0 Å². The largest absolute Gasteiger partial charge is 0.508 e. The van der Waals surface area contributed by atoms with Gasteiger partial charge in [-0.25, -0.2) is 4.79 Å². The molecule has 3 N–H and O–H groups in total. The predicted molar refractivity (Wildman–Crippen MR) is 73.2 cm³/mol. The zero-order valence-electron chi connectivity index (χ0n) is 12.4. The topological polar surface area (TPSA) is 70.5 Å². The van der Waals surface area contributed by atoms with Gasteiger partial charge in [-0.05, 0) is 70.1 Å². The Bertz CT molecular complexity index is 329. The Hall–Kier alpha value is -0.770. The molecule has 0 heterocycles. The summed E-state index contributed by atoms with van der Waals surface area (Å²) >= 11 is 0. The quantitative estimate of drug-likeness (QED) is 0.771. The number of carbonyl (C=O) groups excluding carboxylic acids is 1. The van der Waals surface area contributed by atoms with E-state index in [1.54, 1.807) is 0 Å². The Morgan fingerprint density at radius 1 is 1.05 bits per heavy atom. The first-order valence-electron chi connectivity index (χ1n) is 7.21. The monoisotopic (exact) mass is 269 g/mol. The average molecular weight is 269 g/mol. The summed E-state index contributed by atoms with van der Waals surface area (Å²) < 4.78 is 10.3. The number of methoxy groups -OCH3 is 1. The van der Waals surface area contributed by atoms with Gasteiger partial charge in [-0.15, -0.1) is 0 Å². The van der Waals surface area contributed by atoms with Gasteiger partial charge < -0.3 is 15.6 Å². The van der Waals surface area contributed by atoms with Gasteiger partial charge in [0.05, 0.1) is 7.11 Å². The normalized spacial score (nSPS) is 39.6. The Kier molecular flexibility index (Phi) is 3.58. The summed E-state index contributed by atoms with van der Waals surface area (Å²) in [6.07, 6.45) is 7.42. The fourth-order valence-corrected chi connectivity index (χ4v) is 5.21. The van der Waals surface area contributed by atoms with E-state index in [2.05, 4.69) is 18.6 Å². The smallest absolute Gasteiger partial charge is 0.438 e. The highest BCUT2D eigenvalue weighted by molar-refractivity contribution is 5.60. The maximum atomic E-state index is 11.5. The van der Waals surface area contributed by atoms with E-state index in [4.69, 9.17) is 4.74 Å². The average Bonchev–Trinajstić information content (AvgIpc) is 2.26. The second kappa shape index (κ2) is 4.65. The number of ether oxygens (including phenoxy) is 2. The zero-order valence-corrected chi connectivity index (χ0v) is 12.4. The molecule has 4 saturated carbocycles. The lowest BCUT2D eigenvalue weighted by molar-refractivity contribution is -0.170. The van der Waals surface area contributed by atoms with E-state index in [0.717, 1.165) is 17.8 Å². The van der Waals surface area contributed by atoms with Crippen molar-refractivity contribution in [1.82, 2.24) is 6.15 Å². The summed E-state index contributed by atoms with van der Waals surface area (Å²) in [5, 5.41) is 0. The fraction of sp³-hybridized carbons (Fsp3) is 0.933. The van der Waals surface area contributed by atoms with Crippen molar-refractivity contribution < 1.29 is 14.3 Å². The van der Waals surface area contributed by atoms with E-state index >= 15 is 0 Å². The third-order valence-corrected chi connectivity index (χ3v) is 5.82. The van der Waals surface area contributed by atoms with Crippen LogP contribution in [0.1, 0.15) is 52.4 Å². The Balaban J connectivity index is 0.00000133. The van der Waals surface area contributed by atoms with Gasteiger partial charge in [0.1, 0.15) is 5.60 Å². The molecule has 4 nitrogen and oxygen atoms in total. The van der Waals surface area contributed by atoms with Crippen molar-refractivity contribution in [2.24, 2.45) is 23.2 Å². The van der Waals surface area contributed by atoms with E-state index < -0.39 is 11.8 Å². The van der Waals surface area contributed by atoms with Crippen molar-refractivity contribution in [2.75, 3.05) is 7.11 Å². The molecule has 19 heavy (non-hydrogen) atoms. The lowest BCUT2D eigenvalue weighted by atomic mass is 9.46. The molecule has 4 aliphatic rings. The highest BCUT2D eigenvalue weighted by Gasteiger charge is 2.58. The molecule has 0 aromatic rings. The van der Waals surface area contributed by atoms with Crippen LogP contribution in [-0.2, 0) is 9.47 Å². The molecule has 0 radical (unpaired) electrons. The molecule has 110 valence electrons. The van der Waals surface area contributed by atoms with Crippen LogP contribution in [0.5, 0.6) is 0 Å². The third-order valence-electron chi connectivity index (χ3n) is 5.82. The van der Waals surface area contributed by atoms with Crippen LogP contribution in [0.2, 0.25) is 0 Å². The molecule has 4 bridgehead atoms. The number of carbonyl (C=O) groups is 1. The number of rotatable bonds is 2. The van der Waals surface area contributed by atoms with Crippen LogP contribution in [0.4, 0.5) is 4.79 Å². The number of hydrogen-bond donors (Lipinski definition) is 1. The predicted octanol–water partition coefficient (Wildman–Crippen LogP) is 3.93. The maximum Gasteiger partial charge on any atom is 0.508 e. The van der Waals surface area contributed by atoms with Crippen molar-refractivity contribution in [3.63, 3.8) is 0 Å². The van der Waals surface area contributed by atoms with E-state index in [1.165, 1.54) is 45.6 Å². The van der Waals surface area contributed by atoms with Gasteiger partial charge in [0.2, 0.25) is 0 Å². The molecule has 0 atom stereocenters. The van der Waals surface area contributed by atoms with Crippen LogP contribution in [0.3, 0.4) is 0 Å². The van der Waals surface area contributed by atoms with Crippen molar-refractivity contribution in [3.05, 3.63) is 0 Å². The SMILES string of the molecule is COC(=O)OC(C)(C)C12CC3CC(CC(C3)C1)C2.N. The molecule has 0 aliphatic heterocycles. The second-order valence-corrected chi connectivity index (χ2v) is 7.26. The van der Waals surface area contributed by atoms with Crippen LogP contribution in [0.15, 0.2) is 0 Å². The van der Waals surface area contributed by atoms with E-state index in [0.29, 0.717) is 0 Å². The van der Waals surface area contributed by atoms with Gasteiger partial charge in [-0.2, -0.15) is 0 Å². The van der Waals surface area contributed by atoms with Gasteiger partial charge in [0.15, 0.2) is 0 Å². The van der Waals surface area contributed by atoms with Crippen LogP contribution in [0, 0.1) is 23.2 Å². The minimum absolute atomic E-state index is 0. The lowest BCUT2D eigenvalue weighted by Crippen LogP contribution is -2.57. The van der Waals surface area contributed by atoms with Crippen molar-refractivity contribution in [1.29, 1.82) is 0 Å². The summed E-state index contributed by atoms with van der Waals surface area (Å²) in [6.45, 7) is 4.16. The summed E-state index contributed by atoms with van der Waals surface area (Å²) in [5.41, 5.74) is -0.188. The molecule has 0 unspecified atom stereocenters. The molecular formula is C15H27NO3. The van der Waals surface area contributed by atoms with Crippen molar-refractivity contribution in [2.45, 2.75) is 58.0 Å². The zero-order chi connectivity index (χ0) is 13.0. The van der Waals surface area contributed by atoms with Gasteiger partial charge in [-0.1, -0.05) is 0 Å². The maximum absolute atomic E-state index is 11.5. The molecule has 0 spiro atoms. The molecule has 4 fully saturated rings. The molecule has 0 aromatic heterocycles. The molecule has 0 aromatic carbocycles. The lowest BCUT2D eigenvalue weighted by Gasteiger charge is -2.61. The van der Waals surface area contributed by atoms with Crippen molar-refractivity contribution >= 4 is 6.16 Å². The Morgan fingerprint density at radius 2 is 1.47 bits per heavy atom. The summed E-state index contributed by atoms with van der Waals surface area (Å²) in [7, 11) is 1.39. The molecular weight excluding hydrogens is 242 g/mol. The summed E-state index contributed by atoms with van der Waals surface area (Å²) in [4.78, 5) is 11.5. The first-order chi connectivity index (χ1) is 8.44. The first kappa shape index (κ1) is 14.6. The van der Waals surface area contributed by atoms with Crippen LogP contribution in [0.25, 0.3) is 0 Å². The number of hydrogen-bond acceptors (Lipinski definition) is 4. The molecule has 4 rings (SSSR count). The molecule has 4 aliphatic carbocycles.